The molecule has 0 aromatic carbocycles. The van der Waals surface area contributed by atoms with Crippen molar-refractivity contribution in [2.24, 2.45) is 5.92 Å². The molecular formula is C12H25NO2S. The molecule has 96 valence electrons. The lowest BCUT2D eigenvalue weighted by Gasteiger charge is -2.09. The summed E-state index contributed by atoms with van der Waals surface area (Å²) in [5.41, 5.74) is 0. The molecule has 0 bridgehead atoms. The van der Waals surface area contributed by atoms with Gasteiger partial charge in [0.25, 0.3) is 0 Å². The summed E-state index contributed by atoms with van der Waals surface area (Å²) in [6.07, 6.45) is 7.45. The van der Waals surface area contributed by atoms with Gasteiger partial charge in [-0.05, 0) is 25.3 Å². The predicted molar refractivity (Wildman–Crippen MR) is 68.4 cm³/mol. The van der Waals surface area contributed by atoms with Gasteiger partial charge in [-0.15, -0.1) is 0 Å². The van der Waals surface area contributed by atoms with Gasteiger partial charge in [0, 0.05) is 12.3 Å². The third-order valence-corrected chi connectivity index (χ3v) is 5.17. The van der Waals surface area contributed by atoms with Crippen LogP contribution in [-0.4, -0.2) is 33.0 Å². The summed E-state index contributed by atoms with van der Waals surface area (Å²) in [4.78, 5) is 0. The van der Waals surface area contributed by atoms with Gasteiger partial charge in [0.15, 0.2) is 9.84 Å². The Morgan fingerprint density at radius 1 is 1.12 bits per heavy atom. The van der Waals surface area contributed by atoms with E-state index in [1.165, 1.54) is 32.1 Å². The van der Waals surface area contributed by atoms with Crippen molar-refractivity contribution in [1.82, 2.24) is 5.32 Å². The van der Waals surface area contributed by atoms with E-state index in [4.69, 9.17) is 0 Å². The van der Waals surface area contributed by atoms with Crippen molar-refractivity contribution in [2.45, 2.75) is 45.4 Å². The fourth-order valence-electron chi connectivity index (χ4n) is 2.37. The average molecular weight is 247 g/mol. The van der Waals surface area contributed by atoms with Gasteiger partial charge < -0.3 is 5.32 Å². The Morgan fingerprint density at radius 2 is 1.81 bits per heavy atom. The fourth-order valence-corrected chi connectivity index (χ4v) is 3.65. The monoisotopic (exact) mass is 247 g/mol. The summed E-state index contributed by atoms with van der Waals surface area (Å²) in [5.74, 6) is 1.52. The molecule has 0 atom stereocenters. The second-order valence-corrected chi connectivity index (χ2v) is 7.14. The number of hydrogen-bond acceptors (Lipinski definition) is 3. The van der Waals surface area contributed by atoms with Crippen molar-refractivity contribution >= 4 is 9.84 Å². The SMILES string of the molecule is CCCS(=O)(=O)CCNCCC1CCCC1. The quantitative estimate of drug-likeness (QED) is 0.667. The molecule has 1 rings (SSSR count). The first-order valence-corrected chi connectivity index (χ1v) is 8.37. The van der Waals surface area contributed by atoms with Crippen molar-refractivity contribution in [2.75, 3.05) is 24.6 Å². The lowest BCUT2D eigenvalue weighted by molar-refractivity contribution is 0.482. The highest BCUT2D eigenvalue weighted by atomic mass is 32.2. The minimum atomic E-state index is -2.79. The van der Waals surface area contributed by atoms with Crippen molar-refractivity contribution in [3.8, 4) is 0 Å². The first-order chi connectivity index (χ1) is 7.64. The minimum Gasteiger partial charge on any atom is -0.316 e. The molecule has 0 radical (unpaired) electrons. The van der Waals surface area contributed by atoms with Gasteiger partial charge in [-0.2, -0.15) is 0 Å². The standard InChI is InChI=1S/C12H25NO2S/c1-2-10-16(14,15)11-9-13-8-7-12-5-3-4-6-12/h12-13H,2-11H2,1H3. The molecule has 1 aliphatic rings. The Bertz CT molecular complexity index is 269. The molecular weight excluding hydrogens is 222 g/mol. The van der Waals surface area contributed by atoms with E-state index in [1.54, 1.807) is 0 Å². The van der Waals surface area contributed by atoms with Gasteiger partial charge in [-0.1, -0.05) is 32.6 Å². The molecule has 0 aliphatic heterocycles. The Morgan fingerprint density at radius 3 is 2.44 bits per heavy atom. The van der Waals surface area contributed by atoms with Gasteiger partial charge in [0.1, 0.15) is 0 Å². The Hall–Kier alpha value is -0.0900. The van der Waals surface area contributed by atoms with E-state index in [2.05, 4.69) is 5.32 Å². The molecule has 0 aromatic rings. The first kappa shape index (κ1) is 14.0. The third-order valence-electron chi connectivity index (χ3n) is 3.31. The normalized spacial score (nSPS) is 18.1. The van der Waals surface area contributed by atoms with Crippen LogP contribution in [0.4, 0.5) is 0 Å². The van der Waals surface area contributed by atoms with E-state index < -0.39 is 9.84 Å². The summed E-state index contributed by atoms with van der Waals surface area (Å²) in [6.45, 7) is 3.51. The maximum absolute atomic E-state index is 11.4. The van der Waals surface area contributed by atoms with E-state index >= 15 is 0 Å². The molecule has 1 saturated carbocycles. The van der Waals surface area contributed by atoms with E-state index in [1.807, 2.05) is 6.92 Å². The molecule has 0 amide bonds. The van der Waals surface area contributed by atoms with Crippen LogP contribution >= 0.6 is 0 Å². The predicted octanol–water partition coefficient (Wildman–Crippen LogP) is 1.98. The molecule has 0 unspecified atom stereocenters. The molecule has 0 heterocycles. The molecule has 0 saturated heterocycles. The van der Waals surface area contributed by atoms with Gasteiger partial charge in [0.05, 0.1) is 5.75 Å². The van der Waals surface area contributed by atoms with Crippen molar-refractivity contribution < 1.29 is 8.42 Å². The number of sulfone groups is 1. The van der Waals surface area contributed by atoms with E-state index in [0.29, 0.717) is 18.1 Å². The molecule has 4 heteroatoms. The van der Waals surface area contributed by atoms with E-state index in [9.17, 15) is 8.42 Å². The molecule has 1 fully saturated rings. The Balaban J connectivity index is 1.98. The van der Waals surface area contributed by atoms with Crippen LogP contribution in [0.1, 0.15) is 45.4 Å². The summed E-state index contributed by atoms with van der Waals surface area (Å²) in [5, 5.41) is 3.25. The summed E-state index contributed by atoms with van der Waals surface area (Å²) in [6, 6.07) is 0. The van der Waals surface area contributed by atoms with Crippen LogP contribution in [-0.2, 0) is 9.84 Å². The lowest BCUT2D eigenvalue weighted by atomic mass is 10.0. The van der Waals surface area contributed by atoms with E-state index in [0.717, 1.165) is 18.9 Å². The van der Waals surface area contributed by atoms with Gasteiger partial charge in [-0.3, -0.25) is 0 Å². The molecule has 3 nitrogen and oxygen atoms in total. The maximum atomic E-state index is 11.4. The van der Waals surface area contributed by atoms with Crippen LogP contribution in [0.3, 0.4) is 0 Å². The fraction of sp³-hybridized carbons (Fsp3) is 1.00. The van der Waals surface area contributed by atoms with Crippen molar-refractivity contribution in [3.63, 3.8) is 0 Å². The van der Waals surface area contributed by atoms with Crippen LogP contribution in [0.2, 0.25) is 0 Å². The smallest absolute Gasteiger partial charge is 0.151 e. The highest BCUT2D eigenvalue weighted by Crippen LogP contribution is 2.26. The van der Waals surface area contributed by atoms with Crippen LogP contribution in [0.5, 0.6) is 0 Å². The zero-order valence-corrected chi connectivity index (χ0v) is 11.2. The lowest BCUT2D eigenvalue weighted by Crippen LogP contribution is -2.26. The molecule has 0 spiro atoms. The highest BCUT2D eigenvalue weighted by molar-refractivity contribution is 7.91. The summed E-state index contributed by atoms with van der Waals surface area (Å²) < 4.78 is 22.8. The molecule has 1 N–H and O–H groups in total. The van der Waals surface area contributed by atoms with Crippen LogP contribution in [0.25, 0.3) is 0 Å². The van der Waals surface area contributed by atoms with Gasteiger partial charge in [-0.25, -0.2) is 8.42 Å². The minimum absolute atomic E-state index is 0.297. The maximum Gasteiger partial charge on any atom is 0.151 e. The Kier molecular flexibility index (Phi) is 6.36. The van der Waals surface area contributed by atoms with E-state index in [-0.39, 0.29) is 0 Å². The largest absolute Gasteiger partial charge is 0.316 e. The van der Waals surface area contributed by atoms with Crippen LogP contribution in [0, 0.1) is 5.92 Å². The van der Waals surface area contributed by atoms with Gasteiger partial charge >= 0.3 is 0 Å². The second-order valence-electron chi connectivity index (χ2n) is 4.84. The van der Waals surface area contributed by atoms with Crippen LogP contribution in [0.15, 0.2) is 0 Å². The van der Waals surface area contributed by atoms with Crippen LogP contribution < -0.4 is 5.32 Å². The topological polar surface area (TPSA) is 46.2 Å². The summed E-state index contributed by atoms with van der Waals surface area (Å²) >= 11 is 0. The molecule has 16 heavy (non-hydrogen) atoms. The zero-order chi connectivity index (χ0) is 11.9. The third kappa shape index (κ3) is 5.85. The second kappa shape index (κ2) is 7.28. The van der Waals surface area contributed by atoms with Crippen molar-refractivity contribution in [3.05, 3.63) is 0 Å². The average Bonchev–Trinajstić information content (AvgIpc) is 2.69. The Labute approximate surface area is 99.9 Å². The number of nitrogens with one attached hydrogen (secondary N) is 1. The first-order valence-electron chi connectivity index (χ1n) is 6.55. The molecule has 1 aliphatic carbocycles. The van der Waals surface area contributed by atoms with Gasteiger partial charge in [0.2, 0.25) is 0 Å². The van der Waals surface area contributed by atoms with Crippen molar-refractivity contribution in [1.29, 1.82) is 0 Å². The zero-order valence-electron chi connectivity index (χ0n) is 10.4. The number of hydrogen-bond donors (Lipinski definition) is 1. The number of rotatable bonds is 8. The summed E-state index contributed by atoms with van der Waals surface area (Å²) in [7, 11) is -2.79. The highest BCUT2D eigenvalue weighted by Gasteiger charge is 2.14. The molecule has 0 aromatic heterocycles.